The number of benzene rings is 1. The first-order chi connectivity index (χ1) is 17.4. The molecule has 0 aromatic heterocycles. The molecule has 1 aromatic carbocycles. The molecule has 1 amide bonds. The van der Waals surface area contributed by atoms with Crippen molar-refractivity contribution in [1.29, 1.82) is 0 Å². The van der Waals surface area contributed by atoms with Gasteiger partial charge in [-0.3, -0.25) is 4.79 Å². The number of esters is 1. The second-order valence-corrected chi connectivity index (χ2v) is 10.4. The first-order valence-corrected chi connectivity index (χ1v) is 14.3. The maximum atomic E-state index is 11.8. The number of unbranched alkanes of at least 4 members (excludes halogenated alkanes) is 9. The van der Waals surface area contributed by atoms with E-state index in [1.54, 1.807) is 13.8 Å². The molecule has 6 nitrogen and oxygen atoms in total. The van der Waals surface area contributed by atoms with E-state index in [9.17, 15) is 9.59 Å². The van der Waals surface area contributed by atoms with Gasteiger partial charge in [0.15, 0.2) is 0 Å². The summed E-state index contributed by atoms with van der Waals surface area (Å²) in [7, 11) is 0. The third-order valence-electron chi connectivity index (χ3n) is 6.57. The molecule has 0 spiro atoms. The van der Waals surface area contributed by atoms with Gasteiger partial charge in [0.1, 0.15) is 12.7 Å². The van der Waals surface area contributed by atoms with Gasteiger partial charge in [-0.1, -0.05) is 115 Å². The largest absolute Gasteiger partial charge is 0.462 e. The number of ether oxygens (including phenoxy) is 2. The monoisotopic (exact) mass is 504 g/mol. The molecule has 2 atom stereocenters. The predicted octanol–water partition coefficient (Wildman–Crippen LogP) is 6.80. The number of amides is 1. The molecule has 206 valence electrons. The summed E-state index contributed by atoms with van der Waals surface area (Å²) in [6, 6.07) is 10.7. The van der Waals surface area contributed by atoms with Crippen LogP contribution >= 0.6 is 0 Å². The Morgan fingerprint density at radius 3 is 2.08 bits per heavy atom. The third-order valence-corrected chi connectivity index (χ3v) is 6.57. The zero-order valence-corrected chi connectivity index (χ0v) is 23.1. The standard InChI is InChI=1S/C30H52N2O4/c1-4-5-6-7-8-9-10-11-12-14-19-27(22-26-17-15-13-16-18-26)23-32-21-20-28(36-30(31)34)24-35-29(33)25(2)3/h13,15-18,25,27-28,32H,4-12,14,19-24H2,1-3H3,(H2,31,34). The van der Waals surface area contributed by atoms with E-state index in [-0.39, 0.29) is 18.5 Å². The summed E-state index contributed by atoms with van der Waals surface area (Å²) in [6.45, 7) is 7.42. The Hall–Kier alpha value is -2.08. The third kappa shape index (κ3) is 17.4. The molecule has 3 N–H and O–H groups in total. The van der Waals surface area contributed by atoms with Crippen LogP contribution in [0, 0.1) is 11.8 Å². The Bertz CT molecular complexity index is 681. The van der Waals surface area contributed by atoms with Gasteiger partial charge in [0.25, 0.3) is 0 Å². The summed E-state index contributed by atoms with van der Waals surface area (Å²) in [4.78, 5) is 23.0. The van der Waals surface area contributed by atoms with Crippen molar-refractivity contribution in [2.45, 2.75) is 110 Å². The molecular weight excluding hydrogens is 452 g/mol. The number of rotatable bonds is 22. The molecule has 0 radical (unpaired) electrons. The van der Waals surface area contributed by atoms with Gasteiger partial charge in [0.2, 0.25) is 0 Å². The Balaban J connectivity index is 2.38. The van der Waals surface area contributed by atoms with Crippen LogP contribution in [0.4, 0.5) is 4.79 Å². The van der Waals surface area contributed by atoms with Crippen LogP contribution < -0.4 is 11.1 Å². The molecule has 0 aliphatic rings. The van der Waals surface area contributed by atoms with E-state index >= 15 is 0 Å². The van der Waals surface area contributed by atoms with Gasteiger partial charge in [-0.05, 0) is 37.4 Å². The van der Waals surface area contributed by atoms with Crippen molar-refractivity contribution in [3.63, 3.8) is 0 Å². The molecule has 0 aliphatic heterocycles. The summed E-state index contributed by atoms with van der Waals surface area (Å²) >= 11 is 0. The van der Waals surface area contributed by atoms with E-state index in [0.29, 0.717) is 18.9 Å². The molecular formula is C30H52N2O4. The number of nitrogens with two attached hydrogens (primary N) is 1. The fourth-order valence-electron chi connectivity index (χ4n) is 4.40. The summed E-state index contributed by atoms with van der Waals surface area (Å²) in [6.07, 6.45) is 14.9. The molecule has 6 heteroatoms. The molecule has 0 saturated heterocycles. The topological polar surface area (TPSA) is 90.7 Å². The highest BCUT2D eigenvalue weighted by Gasteiger charge is 2.17. The van der Waals surface area contributed by atoms with Gasteiger partial charge in [-0.2, -0.15) is 0 Å². The number of hydrogen-bond donors (Lipinski definition) is 2. The van der Waals surface area contributed by atoms with Crippen molar-refractivity contribution in [3.05, 3.63) is 35.9 Å². The minimum absolute atomic E-state index is 0.0354. The van der Waals surface area contributed by atoms with Crippen LogP contribution in [0.25, 0.3) is 0 Å². The van der Waals surface area contributed by atoms with Crippen LogP contribution in [0.1, 0.15) is 103 Å². The highest BCUT2D eigenvalue weighted by atomic mass is 16.6. The molecule has 0 bridgehead atoms. The lowest BCUT2D eigenvalue weighted by molar-refractivity contribution is -0.150. The summed E-state index contributed by atoms with van der Waals surface area (Å²) in [5.41, 5.74) is 6.57. The lowest BCUT2D eigenvalue weighted by Crippen LogP contribution is -2.33. The number of hydrogen-bond acceptors (Lipinski definition) is 5. The normalized spacial score (nSPS) is 12.9. The van der Waals surface area contributed by atoms with Crippen LogP contribution in [0.3, 0.4) is 0 Å². The van der Waals surface area contributed by atoms with E-state index < -0.39 is 12.2 Å². The smallest absolute Gasteiger partial charge is 0.404 e. The van der Waals surface area contributed by atoms with Gasteiger partial charge < -0.3 is 20.5 Å². The fourth-order valence-corrected chi connectivity index (χ4v) is 4.40. The van der Waals surface area contributed by atoms with Crippen LogP contribution in [0.15, 0.2) is 30.3 Å². The molecule has 36 heavy (non-hydrogen) atoms. The van der Waals surface area contributed by atoms with E-state index in [1.165, 1.54) is 76.2 Å². The quantitative estimate of drug-likeness (QED) is 0.134. The summed E-state index contributed by atoms with van der Waals surface area (Å²) in [5, 5.41) is 3.53. The Labute approximate surface area is 220 Å². The van der Waals surface area contributed by atoms with Crippen LogP contribution in [0.5, 0.6) is 0 Å². The highest BCUT2D eigenvalue weighted by Crippen LogP contribution is 2.17. The van der Waals surface area contributed by atoms with Gasteiger partial charge in [-0.25, -0.2) is 4.79 Å². The highest BCUT2D eigenvalue weighted by molar-refractivity contribution is 5.71. The molecule has 0 aliphatic carbocycles. The molecule has 1 rings (SSSR count). The lowest BCUT2D eigenvalue weighted by Gasteiger charge is -2.20. The summed E-state index contributed by atoms with van der Waals surface area (Å²) < 4.78 is 10.4. The predicted molar refractivity (Wildman–Crippen MR) is 148 cm³/mol. The molecule has 0 saturated carbocycles. The zero-order valence-electron chi connectivity index (χ0n) is 23.1. The molecule has 2 unspecified atom stereocenters. The van der Waals surface area contributed by atoms with E-state index in [2.05, 4.69) is 42.6 Å². The maximum absolute atomic E-state index is 11.8. The fraction of sp³-hybridized carbons (Fsp3) is 0.733. The van der Waals surface area contributed by atoms with Crippen molar-refractivity contribution >= 4 is 12.1 Å². The first kappa shape index (κ1) is 31.9. The first-order valence-electron chi connectivity index (χ1n) is 14.3. The van der Waals surface area contributed by atoms with E-state index in [0.717, 1.165) is 13.0 Å². The average molecular weight is 505 g/mol. The van der Waals surface area contributed by atoms with Gasteiger partial charge in [0.05, 0.1) is 5.92 Å². The van der Waals surface area contributed by atoms with Crippen molar-refractivity contribution in [2.75, 3.05) is 19.7 Å². The summed E-state index contributed by atoms with van der Waals surface area (Å²) in [5.74, 6) is 0.0260. The van der Waals surface area contributed by atoms with Crippen molar-refractivity contribution in [1.82, 2.24) is 5.32 Å². The van der Waals surface area contributed by atoms with E-state index in [4.69, 9.17) is 15.2 Å². The Morgan fingerprint density at radius 2 is 1.50 bits per heavy atom. The Kier molecular flexibility index (Phi) is 18.7. The van der Waals surface area contributed by atoms with Gasteiger partial charge in [-0.15, -0.1) is 0 Å². The second kappa shape index (κ2) is 21.0. The minimum atomic E-state index is -0.844. The number of nitrogens with one attached hydrogen (secondary N) is 1. The molecule has 0 heterocycles. The SMILES string of the molecule is CCCCCCCCCCCCC(CNCCC(COC(=O)C(C)C)OC(N)=O)Cc1ccccc1. The van der Waals surface area contributed by atoms with Gasteiger partial charge >= 0.3 is 12.1 Å². The number of carbonyl (C=O) groups is 2. The second-order valence-electron chi connectivity index (χ2n) is 10.4. The number of carbonyl (C=O) groups excluding carboxylic acids is 2. The number of primary amides is 1. The van der Waals surface area contributed by atoms with Crippen molar-refractivity contribution in [2.24, 2.45) is 17.6 Å². The van der Waals surface area contributed by atoms with Crippen LogP contribution in [-0.4, -0.2) is 37.9 Å². The average Bonchev–Trinajstić information content (AvgIpc) is 2.85. The van der Waals surface area contributed by atoms with Crippen molar-refractivity contribution in [3.8, 4) is 0 Å². The molecule has 1 aromatic rings. The van der Waals surface area contributed by atoms with Gasteiger partial charge in [0, 0.05) is 6.42 Å². The van der Waals surface area contributed by atoms with Crippen LogP contribution in [0.2, 0.25) is 0 Å². The zero-order chi connectivity index (χ0) is 26.4. The van der Waals surface area contributed by atoms with E-state index in [1.807, 2.05) is 0 Å². The minimum Gasteiger partial charge on any atom is -0.462 e. The van der Waals surface area contributed by atoms with Crippen molar-refractivity contribution < 1.29 is 19.1 Å². The molecule has 0 fully saturated rings. The Morgan fingerprint density at radius 1 is 0.889 bits per heavy atom. The maximum Gasteiger partial charge on any atom is 0.404 e. The van der Waals surface area contributed by atoms with Crippen LogP contribution in [-0.2, 0) is 20.7 Å². The lowest BCUT2D eigenvalue weighted by atomic mass is 9.93.